The maximum atomic E-state index is 10.2. The van der Waals surface area contributed by atoms with Gasteiger partial charge in [0.15, 0.2) is 11.5 Å². The van der Waals surface area contributed by atoms with Crippen molar-refractivity contribution in [1.82, 2.24) is 15.2 Å². The van der Waals surface area contributed by atoms with Gasteiger partial charge in [0, 0.05) is 44.6 Å². The summed E-state index contributed by atoms with van der Waals surface area (Å²) in [6.45, 7) is 3.54. The average Bonchev–Trinajstić information content (AvgIpc) is 2.60. The van der Waals surface area contributed by atoms with Crippen LogP contribution in [0.25, 0.3) is 0 Å². The van der Waals surface area contributed by atoms with Crippen LogP contribution in [0.2, 0.25) is 0 Å². The van der Waals surface area contributed by atoms with E-state index in [0.717, 1.165) is 31.7 Å². The third-order valence-electron chi connectivity index (χ3n) is 4.18. The number of methoxy groups -OCH3 is 1. The number of pyridine rings is 1. The Bertz CT molecular complexity index is 666. The molecule has 1 fully saturated rings. The van der Waals surface area contributed by atoms with Gasteiger partial charge in [-0.25, -0.2) is 0 Å². The second-order valence-corrected chi connectivity index (χ2v) is 6.36. The number of phenolic OH excluding ortho intramolecular Hbond substituents is 1. The number of ether oxygens (including phenoxy) is 1. The van der Waals surface area contributed by atoms with Gasteiger partial charge in [0.05, 0.1) is 11.6 Å². The van der Waals surface area contributed by atoms with Gasteiger partial charge in [0.1, 0.15) is 0 Å². The molecule has 3 rings (SSSR count). The van der Waals surface area contributed by atoms with E-state index in [1.54, 1.807) is 19.4 Å². The van der Waals surface area contributed by atoms with Crippen LogP contribution in [-0.2, 0) is 6.54 Å². The molecule has 5 nitrogen and oxygen atoms in total. The number of hydrogen-bond acceptors (Lipinski definition) is 5. The fourth-order valence-electron chi connectivity index (χ4n) is 2.93. The molecule has 2 heterocycles. The number of halogens is 1. The van der Waals surface area contributed by atoms with Crippen LogP contribution >= 0.6 is 15.9 Å². The highest BCUT2D eigenvalue weighted by Crippen LogP contribution is 2.37. The van der Waals surface area contributed by atoms with E-state index in [-0.39, 0.29) is 11.8 Å². The summed E-state index contributed by atoms with van der Waals surface area (Å²) in [5, 5.41) is 13.6. The van der Waals surface area contributed by atoms with Gasteiger partial charge < -0.3 is 15.2 Å². The minimum atomic E-state index is 0.151. The first kappa shape index (κ1) is 16.2. The highest BCUT2D eigenvalue weighted by molar-refractivity contribution is 9.10. The SMILES string of the molecule is COc1ccc(CN2CCNCC2c2cccnc2)c(Br)c1O. The predicted molar refractivity (Wildman–Crippen MR) is 92.6 cm³/mol. The third-order valence-corrected chi connectivity index (χ3v) is 5.06. The Hall–Kier alpha value is -1.63. The van der Waals surface area contributed by atoms with Gasteiger partial charge in [-0.3, -0.25) is 9.88 Å². The molecule has 1 aliphatic heterocycles. The van der Waals surface area contributed by atoms with Crippen molar-refractivity contribution in [3.8, 4) is 11.5 Å². The first-order chi connectivity index (χ1) is 11.2. The summed E-state index contributed by atoms with van der Waals surface area (Å²) in [4.78, 5) is 6.64. The van der Waals surface area contributed by atoms with Gasteiger partial charge in [-0.15, -0.1) is 0 Å². The topological polar surface area (TPSA) is 57.6 Å². The van der Waals surface area contributed by atoms with Crippen molar-refractivity contribution in [2.24, 2.45) is 0 Å². The molecule has 1 aromatic heterocycles. The molecular formula is C17H20BrN3O2. The second kappa shape index (κ2) is 7.29. The lowest BCUT2D eigenvalue weighted by atomic mass is 10.0. The number of hydrogen-bond donors (Lipinski definition) is 2. The van der Waals surface area contributed by atoms with E-state index in [1.165, 1.54) is 5.56 Å². The molecule has 23 heavy (non-hydrogen) atoms. The number of nitrogens with one attached hydrogen (secondary N) is 1. The zero-order valence-electron chi connectivity index (χ0n) is 13.0. The van der Waals surface area contributed by atoms with Crippen molar-refractivity contribution in [2.75, 3.05) is 26.7 Å². The summed E-state index contributed by atoms with van der Waals surface area (Å²) in [6, 6.07) is 8.14. The predicted octanol–water partition coefficient (Wildman–Crippen LogP) is 2.70. The lowest BCUT2D eigenvalue weighted by Gasteiger charge is -2.36. The molecule has 1 unspecified atom stereocenters. The molecule has 2 N–H and O–H groups in total. The van der Waals surface area contributed by atoms with Crippen LogP contribution in [0.5, 0.6) is 11.5 Å². The van der Waals surface area contributed by atoms with Crippen molar-refractivity contribution >= 4 is 15.9 Å². The number of benzene rings is 1. The normalized spacial score (nSPS) is 18.8. The Morgan fingerprint density at radius 3 is 3.04 bits per heavy atom. The van der Waals surface area contributed by atoms with E-state index in [9.17, 15) is 5.11 Å². The first-order valence-corrected chi connectivity index (χ1v) is 8.39. The van der Waals surface area contributed by atoms with Crippen LogP contribution in [0.4, 0.5) is 0 Å². The molecule has 1 aliphatic rings. The molecular weight excluding hydrogens is 358 g/mol. The first-order valence-electron chi connectivity index (χ1n) is 7.59. The summed E-state index contributed by atoms with van der Waals surface area (Å²) < 4.78 is 5.84. The molecule has 0 bridgehead atoms. The maximum Gasteiger partial charge on any atom is 0.172 e. The van der Waals surface area contributed by atoms with Crippen molar-refractivity contribution < 1.29 is 9.84 Å². The zero-order chi connectivity index (χ0) is 16.2. The third kappa shape index (κ3) is 3.49. The molecule has 0 aliphatic carbocycles. The highest BCUT2D eigenvalue weighted by atomic mass is 79.9. The van der Waals surface area contributed by atoms with Gasteiger partial charge in [0.25, 0.3) is 0 Å². The molecule has 1 saturated heterocycles. The molecule has 6 heteroatoms. The Morgan fingerprint density at radius 1 is 1.43 bits per heavy atom. The van der Waals surface area contributed by atoms with Crippen LogP contribution in [0.3, 0.4) is 0 Å². The molecule has 0 radical (unpaired) electrons. The summed E-state index contributed by atoms with van der Waals surface area (Å²) in [6.07, 6.45) is 3.72. The zero-order valence-corrected chi connectivity index (χ0v) is 14.6. The number of phenols is 1. The molecule has 122 valence electrons. The Kier molecular flexibility index (Phi) is 5.15. The van der Waals surface area contributed by atoms with E-state index in [1.807, 2.05) is 18.3 Å². The van der Waals surface area contributed by atoms with Gasteiger partial charge >= 0.3 is 0 Å². The van der Waals surface area contributed by atoms with Crippen molar-refractivity contribution in [3.63, 3.8) is 0 Å². The van der Waals surface area contributed by atoms with E-state index < -0.39 is 0 Å². The summed E-state index contributed by atoms with van der Waals surface area (Å²) in [5.41, 5.74) is 2.24. The fraction of sp³-hybridized carbons (Fsp3) is 0.353. The van der Waals surface area contributed by atoms with Crippen molar-refractivity contribution in [1.29, 1.82) is 0 Å². The van der Waals surface area contributed by atoms with E-state index in [0.29, 0.717) is 10.2 Å². The minimum Gasteiger partial charge on any atom is -0.503 e. The summed E-state index contributed by atoms with van der Waals surface area (Å²) in [5.74, 6) is 0.628. The monoisotopic (exact) mass is 377 g/mol. The van der Waals surface area contributed by atoms with Crippen LogP contribution in [0, 0.1) is 0 Å². The number of nitrogens with zero attached hydrogens (tertiary/aromatic N) is 2. The van der Waals surface area contributed by atoms with Crippen LogP contribution in [0.15, 0.2) is 41.1 Å². The Balaban J connectivity index is 1.84. The van der Waals surface area contributed by atoms with Gasteiger partial charge in [-0.05, 0) is 39.2 Å². The van der Waals surface area contributed by atoms with Crippen molar-refractivity contribution in [2.45, 2.75) is 12.6 Å². The summed E-state index contributed by atoms with van der Waals surface area (Å²) in [7, 11) is 1.55. The molecule has 0 spiro atoms. The van der Waals surface area contributed by atoms with E-state index in [2.05, 4.69) is 37.2 Å². The molecule has 1 aromatic carbocycles. The van der Waals surface area contributed by atoms with Crippen LogP contribution in [-0.4, -0.2) is 41.7 Å². The standard InChI is InChI=1S/C17H20BrN3O2/c1-23-15-5-4-13(16(18)17(15)22)11-21-8-7-20-10-14(21)12-3-2-6-19-9-12/h2-6,9,14,20,22H,7-8,10-11H2,1H3. The minimum absolute atomic E-state index is 0.151. The quantitative estimate of drug-likeness (QED) is 0.857. The van der Waals surface area contributed by atoms with Crippen LogP contribution in [0.1, 0.15) is 17.2 Å². The van der Waals surface area contributed by atoms with E-state index >= 15 is 0 Å². The number of rotatable bonds is 4. The number of aromatic hydroxyl groups is 1. The van der Waals surface area contributed by atoms with Gasteiger partial charge in [-0.1, -0.05) is 12.1 Å². The molecule has 2 aromatic rings. The average molecular weight is 378 g/mol. The Morgan fingerprint density at radius 2 is 2.30 bits per heavy atom. The number of aromatic nitrogens is 1. The van der Waals surface area contributed by atoms with E-state index in [4.69, 9.17) is 4.74 Å². The second-order valence-electron chi connectivity index (χ2n) is 5.57. The smallest absolute Gasteiger partial charge is 0.172 e. The molecule has 1 atom stereocenters. The maximum absolute atomic E-state index is 10.2. The largest absolute Gasteiger partial charge is 0.503 e. The molecule has 0 saturated carbocycles. The van der Waals surface area contributed by atoms with Gasteiger partial charge in [0.2, 0.25) is 0 Å². The fourth-order valence-corrected chi connectivity index (χ4v) is 3.38. The number of piperazine rings is 1. The lowest BCUT2D eigenvalue weighted by Crippen LogP contribution is -2.45. The van der Waals surface area contributed by atoms with Crippen molar-refractivity contribution in [3.05, 3.63) is 52.3 Å². The summed E-state index contributed by atoms with van der Waals surface area (Å²) >= 11 is 3.49. The highest BCUT2D eigenvalue weighted by Gasteiger charge is 2.25. The van der Waals surface area contributed by atoms with Crippen LogP contribution < -0.4 is 10.1 Å². The van der Waals surface area contributed by atoms with Gasteiger partial charge in [-0.2, -0.15) is 0 Å². The lowest BCUT2D eigenvalue weighted by molar-refractivity contribution is 0.153. The molecule has 0 amide bonds. The Labute approximate surface area is 144 Å².